The summed E-state index contributed by atoms with van der Waals surface area (Å²) in [5.41, 5.74) is 7.22. The molecule has 32 heavy (non-hydrogen) atoms. The molecule has 0 fully saturated rings. The fourth-order valence-electron chi connectivity index (χ4n) is 4.47. The number of benzene rings is 2. The summed E-state index contributed by atoms with van der Waals surface area (Å²) in [6.07, 6.45) is 5.12. The maximum atomic E-state index is 12.7. The number of anilines is 1. The van der Waals surface area contributed by atoms with Gasteiger partial charge in [-0.2, -0.15) is 5.10 Å². The summed E-state index contributed by atoms with van der Waals surface area (Å²) in [6, 6.07) is 13.5. The summed E-state index contributed by atoms with van der Waals surface area (Å²) in [6.45, 7) is 6.20. The van der Waals surface area contributed by atoms with Crippen LogP contribution in [0.4, 0.5) is 5.69 Å². The maximum Gasteiger partial charge on any atom is 0.251 e. The lowest BCUT2D eigenvalue weighted by atomic mass is 9.95. The molecule has 0 radical (unpaired) electrons. The van der Waals surface area contributed by atoms with Crippen LogP contribution in [0.2, 0.25) is 5.02 Å². The van der Waals surface area contributed by atoms with Gasteiger partial charge in [-0.05, 0) is 75.2 Å². The van der Waals surface area contributed by atoms with Gasteiger partial charge in [0, 0.05) is 53.6 Å². The smallest absolute Gasteiger partial charge is 0.251 e. The van der Waals surface area contributed by atoms with E-state index in [2.05, 4.69) is 31.3 Å². The topological polar surface area (TPSA) is 50.2 Å². The van der Waals surface area contributed by atoms with Crippen molar-refractivity contribution >= 4 is 23.2 Å². The summed E-state index contributed by atoms with van der Waals surface area (Å²) >= 11 is 6.13. The third-order valence-electron chi connectivity index (χ3n) is 6.15. The number of hydrogen-bond acceptors (Lipinski definition) is 3. The van der Waals surface area contributed by atoms with Crippen molar-refractivity contribution in [3.63, 3.8) is 0 Å². The Labute approximate surface area is 194 Å². The van der Waals surface area contributed by atoms with Gasteiger partial charge in [-0.15, -0.1) is 0 Å². The molecule has 1 aliphatic rings. The SMILES string of the molecule is Cc1cc(Cl)ccc1-n1nc(C)c([C@@H]2C=C[C@@H](NC(=O)c3ccc(N(C)C)cc3)C2)c1C. The summed E-state index contributed by atoms with van der Waals surface area (Å²) < 4.78 is 2.00. The minimum Gasteiger partial charge on any atom is -0.378 e. The molecule has 0 unspecified atom stereocenters. The Morgan fingerprint density at radius 3 is 2.47 bits per heavy atom. The Kier molecular flexibility index (Phi) is 6.11. The third kappa shape index (κ3) is 4.30. The predicted molar refractivity (Wildman–Crippen MR) is 131 cm³/mol. The lowest BCUT2D eigenvalue weighted by molar-refractivity contribution is 0.0944. The van der Waals surface area contributed by atoms with Gasteiger partial charge in [0.2, 0.25) is 0 Å². The first-order valence-electron chi connectivity index (χ1n) is 10.8. The molecule has 1 aliphatic carbocycles. The van der Waals surface area contributed by atoms with E-state index in [1.807, 2.05) is 73.1 Å². The summed E-state index contributed by atoms with van der Waals surface area (Å²) in [7, 11) is 3.97. The summed E-state index contributed by atoms with van der Waals surface area (Å²) in [5.74, 6) is 0.171. The van der Waals surface area contributed by atoms with Crippen LogP contribution in [-0.4, -0.2) is 35.8 Å². The minimum absolute atomic E-state index is 0.000410. The predicted octanol–water partition coefficient (Wildman–Crippen LogP) is 5.36. The number of carbonyl (C=O) groups excluding carboxylic acids is 1. The van der Waals surface area contributed by atoms with E-state index in [4.69, 9.17) is 16.7 Å². The number of hydrogen-bond donors (Lipinski definition) is 1. The average Bonchev–Trinajstić information content (AvgIpc) is 3.31. The van der Waals surface area contributed by atoms with Crippen LogP contribution in [0.25, 0.3) is 5.69 Å². The van der Waals surface area contributed by atoms with Gasteiger partial charge in [0.05, 0.1) is 11.4 Å². The lowest BCUT2D eigenvalue weighted by Gasteiger charge is -2.16. The lowest BCUT2D eigenvalue weighted by Crippen LogP contribution is -2.32. The van der Waals surface area contributed by atoms with Crippen LogP contribution in [0.5, 0.6) is 0 Å². The van der Waals surface area contributed by atoms with Crippen molar-refractivity contribution in [1.82, 2.24) is 15.1 Å². The van der Waals surface area contributed by atoms with Crippen LogP contribution in [0, 0.1) is 20.8 Å². The Bertz CT molecular complexity index is 1180. The van der Waals surface area contributed by atoms with Crippen molar-refractivity contribution in [3.05, 3.63) is 87.7 Å². The van der Waals surface area contributed by atoms with Crippen molar-refractivity contribution < 1.29 is 4.79 Å². The van der Waals surface area contributed by atoms with Gasteiger partial charge in [0.1, 0.15) is 0 Å². The molecular formula is C26H29ClN4O. The first-order valence-corrected chi connectivity index (χ1v) is 11.2. The number of rotatable bonds is 5. The zero-order valence-corrected chi connectivity index (χ0v) is 19.9. The second kappa shape index (κ2) is 8.83. The molecule has 0 aliphatic heterocycles. The van der Waals surface area contributed by atoms with Crippen molar-refractivity contribution in [2.24, 2.45) is 0 Å². The number of aryl methyl sites for hydroxylation is 2. The normalized spacial score (nSPS) is 17.6. The van der Waals surface area contributed by atoms with Crippen molar-refractivity contribution in [1.29, 1.82) is 0 Å². The quantitative estimate of drug-likeness (QED) is 0.534. The standard InChI is InChI=1S/C26H29ClN4O/c1-16-14-21(27)9-13-24(16)31-18(3)25(17(2)29-31)20-6-10-22(15-20)28-26(32)19-7-11-23(12-8-19)30(4)5/h6-14,20,22H,15H2,1-5H3,(H,28,32)/t20-,22-/m1/s1. The van der Waals surface area contributed by atoms with Crippen LogP contribution in [0.15, 0.2) is 54.6 Å². The highest BCUT2D eigenvalue weighted by atomic mass is 35.5. The number of amides is 1. The number of nitrogens with one attached hydrogen (secondary N) is 1. The Morgan fingerprint density at radius 2 is 1.81 bits per heavy atom. The second-order valence-corrected chi connectivity index (χ2v) is 9.11. The molecule has 4 rings (SSSR count). The van der Waals surface area contributed by atoms with Gasteiger partial charge in [0.25, 0.3) is 5.91 Å². The van der Waals surface area contributed by atoms with Crippen LogP contribution in [-0.2, 0) is 0 Å². The van der Waals surface area contributed by atoms with E-state index in [0.717, 1.165) is 39.8 Å². The zero-order valence-electron chi connectivity index (χ0n) is 19.2. The molecule has 1 N–H and O–H groups in total. The number of allylic oxidation sites excluding steroid dienone is 1. The molecule has 0 saturated carbocycles. The van der Waals surface area contributed by atoms with E-state index in [9.17, 15) is 4.79 Å². The molecule has 1 aromatic heterocycles. The van der Waals surface area contributed by atoms with Crippen molar-refractivity contribution in [3.8, 4) is 5.69 Å². The molecule has 1 heterocycles. The van der Waals surface area contributed by atoms with E-state index < -0.39 is 0 Å². The van der Waals surface area contributed by atoms with Gasteiger partial charge in [-0.1, -0.05) is 23.8 Å². The minimum atomic E-state index is -0.0495. The monoisotopic (exact) mass is 448 g/mol. The maximum absolute atomic E-state index is 12.7. The Morgan fingerprint density at radius 1 is 1.09 bits per heavy atom. The van der Waals surface area contributed by atoms with Crippen LogP contribution in [0.1, 0.15) is 45.2 Å². The van der Waals surface area contributed by atoms with Gasteiger partial charge in [0.15, 0.2) is 0 Å². The molecule has 2 atom stereocenters. The first-order chi connectivity index (χ1) is 15.2. The highest BCUT2D eigenvalue weighted by molar-refractivity contribution is 6.30. The summed E-state index contributed by atoms with van der Waals surface area (Å²) in [5, 5.41) is 8.70. The molecule has 166 valence electrons. The van der Waals surface area contributed by atoms with Crippen LogP contribution < -0.4 is 10.2 Å². The van der Waals surface area contributed by atoms with E-state index in [0.29, 0.717) is 5.56 Å². The molecule has 2 aromatic carbocycles. The van der Waals surface area contributed by atoms with E-state index >= 15 is 0 Å². The van der Waals surface area contributed by atoms with Crippen molar-refractivity contribution in [2.75, 3.05) is 19.0 Å². The molecule has 5 nitrogen and oxygen atoms in total. The number of carbonyl (C=O) groups is 1. The van der Waals surface area contributed by atoms with E-state index in [-0.39, 0.29) is 17.9 Å². The highest BCUT2D eigenvalue weighted by Gasteiger charge is 2.27. The third-order valence-corrected chi connectivity index (χ3v) is 6.39. The van der Waals surface area contributed by atoms with E-state index in [1.54, 1.807) is 0 Å². The molecule has 1 amide bonds. The van der Waals surface area contributed by atoms with Crippen LogP contribution >= 0.6 is 11.6 Å². The van der Waals surface area contributed by atoms with Gasteiger partial charge in [-0.25, -0.2) is 4.68 Å². The number of aromatic nitrogens is 2. The fourth-order valence-corrected chi connectivity index (χ4v) is 4.69. The summed E-state index contributed by atoms with van der Waals surface area (Å²) in [4.78, 5) is 14.7. The molecular weight excluding hydrogens is 420 g/mol. The highest BCUT2D eigenvalue weighted by Crippen LogP contribution is 2.34. The second-order valence-electron chi connectivity index (χ2n) is 8.68. The van der Waals surface area contributed by atoms with Gasteiger partial charge < -0.3 is 10.2 Å². The van der Waals surface area contributed by atoms with E-state index in [1.165, 1.54) is 5.56 Å². The molecule has 0 saturated heterocycles. The molecule has 0 bridgehead atoms. The molecule has 0 spiro atoms. The first kappa shape index (κ1) is 22.2. The van der Waals surface area contributed by atoms with Gasteiger partial charge in [-0.3, -0.25) is 4.79 Å². The average molecular weight is 449 g/mol. The molecule has 3 aromatic rings. The number of nitrogens with zero attached hydrogens (tertiary/aromatic N) is 3. The molecule has 6 heteroatoms. The Hall–Kier alpha value is -3.05. The van der Waals surface area contributed by atoms with Gasteiger partial charge >= 0.3 is 0 Å². The largest absolute Gasteiger partial charge is 0.378 e. The van der Waals surface area contributed by atoms with Crippen molar-refractivity contribution in [2.45, 2.75) is 39.2 Å². The Balaban J connectivity index is 1.48. The number of halogens is 1. The van der Waals surface area contributed by atoms with Crippen LogP contribution in [0.3, 0.4) is 0 Å². The zero-order chi connectivity index (χ0) is 23.0. The fraction of sp³-hybridized carbons (Fsp3) is 0.308.